The summed E-state index contributed by atoms with van der Waals surface area (Å²) in [6.07, 6.45) is 2.94. The fourth-order valence-electron chi connectivity index (χ4n) is 2.41. The van der Waals surface area contributed by atoms with Gasteiger partial charge in [0.05, 0.1) is 31.3 Å². The largest absolute Gasteiger partial charge is 0.469 e. The Kier molecular flexibility index (Phi) is 5.80. The lowest BCUT2D eigenvalue weighted by Crippen LogP contribution is -2.09. The van der Waals surface area contributed by atoms with E-state index in [1.807, 2.05) is 0 Å². The first-order valence-electron chi connectivity index (χ1n) is 7.61. The molecule has 1 aromatic heterocycles. The number of ether oxygens (including phenoxy) is 1. The molecule has 0 spiro atoms. The maximum absolute atomic E-state index is 13.6. The highest BCUT2D eigenvalue weighted by atomic mass is 19.1. The van der Waals surface area contributed by atoms with E-state index in [9.17, 15) is 18.4 Å². The lowest BCUT2D eigenvalue weighted by atomic mass is 10.1. The number of carbonyl (C=O) groups is 2. The monoisotopic (exact) mass is 348 g/mol. The molecule has 0 saturated carbocycles. The standard InChI is InChI=1S/C18H18F2N2O3/c1-11-14(12(2)22(21-11)9-8-18(24)25-3)6-7-17(23)15-5-4-13(19)10-16(15)20/h4-7,10H,8-9H2,1-3H3/b7-6+. The van der Waals surface area contributed by atoms with Gasteiger partial charge in [0.15, 0.2) is 5.78 Å². The van der Waals surface area contributed by atoms with Gasteiger partial charge in [-0.1, -0.05) is 0 Å². The number of ketones is 1. The Balaban J connectivity index is 2.19. The van der Waals surface area contributed by atoms with E-state index in [0.29, 0.717) is 23.9 Å². The lowest BCUT2D eigenvalue weighted by Gasteiger charge is -2.03. The Morgan fingerprint density at radius 2 is 2.00 bits per heavy atom. The van der Waals surface area contributed by atoms with Crippen LogP contribution in [0.2, 0.25) is 0 Å². The van der Waals surface area contributed by atoms with Crippen LogP contribution in [0.25, 0.3) is 6.08 Å². The summed E-state index contributed by atoms with van der Waals surface area (Å²) in [6, 6.07) is 2.81. The average molecular weight is 348 g/mol. The number of hydrogen-bond donors (Lipinski definition) is 0. The first-order chi connectivity index (χ1) is 11.8. The second kappa shape index (κ2) is 7.83. The number of methoxy groups -OCH3 is 1. The smallest absolute Gasteiger partial charge is 0.307 e. The molecule has 0 N–H and O–H groups in total. The van der Waals surface area contributed by atoms with Crippen LogP contribution in [0.4, 0.5) is 8.78 Å². The summed E-state index contributed by atoms with van der Waals surface area (Å²) in [5, 5.41) is 4.32. The molecular formula is C18H18F2N2O3. The van der Waals surface area contributed by atoms with Crippen LogP contribution in [-0.4, -0.2) is 28.6 Å². The molecule has 0 radical (unpaired) electrons. The third kappa shape index (κ3) is 4.37. The van der Waals surface area contributed by atoms with Gasteiger partial charge in [0, 0.05) is 17.3 Å². The Labute approximate surface area is 143 Å². The molecular weight excluding hydrogens is 330 g/mol. The number of allylic oxidation sites excluding steroid dienone is 1. The fraction of sp³-hybridized carbons (Fsp3) is 0.278. The normalized spacial score (nSPS) is 11.1. The van der Waals surface area contributed by atoms with Crippen molar-refractivity contribution in [3.63, 3.8) is 0 Å². The number of halogens is 2. The quantitative estimate of drug-likeness (QED) is 0.457. The number of carbonyl (C=O) groups excluding carboxylic acids is 2. The zero-order valence-corrected chi connectivity index (χ0v) is 14.2. The van der Waals surface area contributed by atoms with Gasteiger partial charge in [0.25, 0.3) is 0 Å². The molecule has 0 saturated heterocycles. The summed E-state index contributed by atoms with van der Waals surface area (Å²) >= 11 is 0. The van der Waals surface area contributed by atoms with E-state index in [1.54, 1.807) is 18.5 Å². The van der Waals surface area contributed by atoms with Crippen molar-refractivity contribution >= 4 is 17.8 Å². The van der Waals surface area contributed by atoms with Crippen LogP contribution >= 0.6 is 0 Å². The van der Waals surface area contributed by atoms with E-state index in [4.69, 9.17) is 0 Å². The number of nitrogens with zero attached hydrogens (tertiary/aromatic N) is 2. The maximum Gasteiger partial charge on any atom is 0.307 e. The summed E-state index contributed by atoms with van der Waals surface area (Å²) in [7, 11) is 1.32. The second-order valence-electron chi connectivity index (χ2n) is 5.46. The van der Waals surface area contributed by atoms with Crippen molar-refractivity contribution in [1.82, 2.24) is 9.78 Å². The van der Waals surface area contributed by atoms with Crippen molar-refractivity contribution in [3.8, 4) is 0 Å². The molecule has 2 aromatic rings. The summed E-state index contributed by atoms with van der Waals surface area (Å²) in [6.45, 7) is 3.93. The van der Waals surface area contributed by atoms with Crippen molar-refractivity contribution in [2.24, 2.45) is 0 Å². The van der Waals surface area contributed by atoms with Gasteiger partial charge in [-0.15, -0.1) is 0 Å². The van der Waals surface area contributed by atoms with Gasteiger partial charge in [-0.3, -0.25) is 14.3 Å². The lowest BCUT2D eigenvalue weighted by molar-refractivity contribution is -0.140. The summed E-state index contributed by atoms with van der Waals surface area (Å²) in [4.78, 5) is 23.3. The van der Waals surface area contributed by atoms with Crippen molar-refractivity contribution in [2.45, 2.75) is 26.8 Å². The number of benzene rings is 1. The van der Waals surface area contributed by atoms with E-state index in [2.05, 4.69) is 9.84 Å². The molecule has 2 rings (SSSR count). The second-order valence-corrected chi connectivity index (χ2v) is 5.46. The number of esters is 1. The Bertz CT molecular complexity index is 841. The summed E-state index contributed by atoms with van der Waals surface area (Å²) in [5.41, 5.74) is 1.95. The molecule has 0 bridgehead atoms. The van der Waals surface area contributed by atoms with Crippen LogP contribution in [0.1, 0.15) is 33.7 Å². The van der Waals surface area contributed by atoms with Gasteiger partial charge in [0.2, 0.25) is 0 Å². The zero-order valence-electron chi connectivity index (χ0n) is 14.2. The van der Waals surface area contributed by atoms with Gasteiger partial charge in [-0.2, -0.15) is 5.10 Å². The molecule has 0 atom stereocenters. The molecule has 5 nitrogen and oxygen atoms in total. The van der Waals surface area contributed by atoms with Crippen LogP contribution in [-0.2, 0) is 16.1 Å². The van der Waals surface area contributed by atoms with Gasteiger partial charge in [-0.25, -0.2) is 8.78 Å². The molecule has 7 heteroatoms. The van der Waals surface area contributed by atoms with Crippen LogP contribution in [0.3, 0.4) is 0 Å². The number of aryl methyl sites for hydroxylation is 2. The molecule has 0 aliphatic heterocycles. The molecule has 0 amide bonds. The molecule has 0 fully saturated rings. The van der Waals surface area contributed by atoms with Crippen molar-refractivity contribution in [3.05, 3.63) is 58.4 Å². The minimum absolute atomic E-state index is 0.182. The minimum Gasteiger partial charge on any atom is -0.469 e. The average Bonchev–Trinajstić information content (AvgIpc) is 2.84. The predicted molar refractivity (Wildman–Crippen MR) is 88.1 cm³/mol. The topological polar surface area (TPSA) is 61.2 Å². The highest BCUT2D eigenvalue weighted by Gasteiger charge is 2.13. The van der Waals surface area contributed by atoms with Crippen LogP contribution < -0.4 is 0 Å². The SMILES string of the molecule is COC(=O)CCn1nc(C)c(/C=C/C(=O)c2ccc(F)cc2F)c1C. The maximum atomic E-state index is 13.6. The molecule has 0 unspecified atom stereocenters. The van der Waals surface area contributed by atoms with Crippen LogP contribution in [0, 0.1) is 25.5 Å². The predicted octanol–water partition coefficient (Wildman–Crippen LogP) is 3.24. The molecule has 132 valence electrons. The third-order valence-electron chi connectivity index (χ3n) is 3.79. The van der Waals surface area contributed by atoms with E-state index in [-0.39, 0.29) is 18.0 Å². The van der Waals surface area contributed by atoms with E-state index < -0.39 is 17.4 Å². The van der Waals surface area contributed by atoms with Gasteiger partial charge in [0.1, 0.15) is 11.6 Å². The summed E-state index contributed by atoms with van der Waals surface area (Å²) < 4.78 is 32.8. The van der Waals surface area contributed by atoms with Crippen LogP contribution in [0.15, 0.2) is 24.3 Å². The molecule has 1 aromatic carbocycles. The van der Waals surface area contributed by atoms with Crippen molar-refractivity contribution < 1.29 is 23.1 Å². The van der Waals surface area contributed by atoms with Gasteiger partial charge in [-0.05, 0) is 38.1 Å². The van der Waals surface area contributed by atoms with E-state index >= 15 is 0 Å². The molecule has 0 aliphatic carbocycles. The first kappa shape index (κ1) is 18.5. The van der Waals surface area contributed by atoms with Crippen molar-refractivity contribution in [1.29, 1.82) is 0 Å². The summed E-state index contributed by atoms with van der Waals surface area (Å²) in [5.74, 6) is -2.56. The molecule has 0 aliphatic rings. The molecule has 1 heterocycles. The molecule has 25 heavy (non-hydrogen) atoms. The number of hydrogen-bond acceptors (Lipinski definition) is 4. The zero-order chi connectivity index (χ0) is 18.6. The van der Waals surface area contributed by atoms with E-state index in [0.717, 1.165) is 17.8 Å². The number of rotatable bonds is 6. The Morgan fingerprint density at radius 3 is 2.64 bits per heavy atom. The van der Waals surface area contributed by atoms with Crippen molar-refractivity contribution in [2.75, 3.05) is 7.11 Å². The third-order valence-corrected chi connectivity index (χ3v) is 3.79. The van der Waals surface area contributed by atoms with Gasteiger partial charge >= 0.3 is 5.97 Å². The van der Waals surface area contributed by atoms with Crippen LogP contribution in [0.5, 0.6) is 0 Å². The highest BCUT2D eigenvalue weighted by Crippen LogP contribution is 2.17. The Hall–Kier alpha value is -2.83. The van der Waals surface area contributed by atoms with Gasteiger partial charge < -0.3 is 4.74 Å². The highest BCUT2D eigenvalue weighted by molar-refractivity contribution is 6.07. The number of aromatic nitrogens is 2. The Morgan fingerprint density at radius 1 is 1.28 bits per heavy atom. The van der Waals surface area contributed by atoms with E-state index in [1.165, 1.54) is 19.3 Å². The first-order valence-corrected chi connectivity index (χ1v) is 7.61. The minimum atomic E-state index is -0.906. The fourth-order valence-corrected chi connectivity index (χ4v) is 2.41.